The fourth-order valence-electron chi connectivity index (χ4n) is 2.79. The van der Waals surface area contributed by atoms with Crippen molar-refractivity contribution in [1.29, 1.82) is 0 Å². The van der Waals surface area contributed by atoms with Crippen molar-refractivity contribution < 1.29 is 4.74 Å². The van der Waals surface area contributed by atoms with Crippen LogP contribution >= 0.6 is 0 Å². The zero-order valence-electron chi connectivity index (χ0n) is 11.4. The van der Waals surface area contributed by atoms with Crippen molar-refractivity contribution in [3.05, 3.63) is 29.8 Å². The summed E-state index contributed by atoms with van der Waals surface area (Å²) in [6.45, 7) is 5.89. The Kier molecular flexibility index (Phi) is 4.61. The van der Waals surface area contributed by atoms with Gasteiger partial charge in [-0.2, -0.15) is 0 Å². The molecule has 18 heavy (non-hydrogen) atoms. The van der Waals surface area contributed by atoms with Crippen molar-refractivity contribution in [3.8, 4) is 5.75 Å². The summed E-state index contributed by atoms with van der Waals surface area (Å²) in [7, 11) is 0. The van der Waals surface area contributed by atoms with E-state index < -0.39 is 0 Å². The van der Waals surface area contributed by atoms with Crippen LogP contribution in [0.5, 0.6) is 5.75 Å². The predicted molar refractivity (Wildman–Crippen MR) is 75.0 cm³/mol. The Morgan fingerprint density at radius 3 is 2.61 bits per heavy atom. The predicted octanol–water partition coefficient (Wildman–Crippen LogP) is 2.27. The highest BCUT2D eigenvalue weighted by atomic mass is 16.5. The van der Waals surface area contributed by atoms with Crippen LogP contribution in [0.2, 0.25) is 0 Å². The highest BCUT2D eigenvalue weighted by molar-refractivity contribution is 5.31. The third kappa shape index (κ3) is 3.03. The minimum absolute atomic E-state index is 0.268. The Morgan fingerprint density at radius 1 is 1.28 bits per heavy atom. The molecule has 0 aliphatic carbocycles. The van der Waals surface area contributed by atoms with Gasteiger partial charge in [0.05, 0.1) is 6.61 Å². The number of hydrogen-bond acceptors (Lipinski definition) is 3. The van der Waals surface area contributed by atoms with Crippen molar-refractivity contribution in [2.24, 2.45) is 5.73 Å². The molecular weight excluding hydrogens is 224 g/mol. The lowest BCUT2D eigenvalue weighted by Gasteiger charge is -2.35. The molecule has 3 unspecified atom stereocenters. The van der Waals surface area contributed by atoms with Crippen LogP contribution in [0.3, 0.4) is 0 Å². The van der Waals surface area contributed by atoms with E-state index in [1.807, 2.05) is 6.92 Å². The maximum atomic E-state index is 6.07. The summed E-state index contributed by atoms with van der Waals surface area (Å²) in [5.74, 6) is 1.47. The van der Waals surface area contributed by atoms with Gasteiger partial charge in [-0.05, 0) is 37.5 Å². The van der Waals surface area contributed by atoms with Crippen LogP contribution in [0.25, 0.3) is 0 Å². The molecule has 1 fully saturated rings. The molecule has 3 atom stereocenters. The van der Waals surface area contributed by atoms with Gasteiger partial charge in [0.2, 0.25) is 0 Å². The summed E-state index contributed by atoms with van der Waals surface area (Å²) in [5, 5.41) is 3.55. The lowest BCUT2D eigenvalue weighted by molar-refractivity contribution is 0.313. The van der Waals surface area contributed by atoms with Gasteiger partial charge >= 0.3 is 0 Å². The second-order valence-corrected chi connectivity index (χ2v) is 5.03. The lowest BCUT2D eigenvalue weighted by Crippen LogP contribution is -2.49. The van der Waals surface area contributed by atoms with Gasteiger partial charge in [0.25, 0.3) is 0 Å². The monoisotopic (exact) mass is 248 g/mol. The Bertz CT molecular complexity index is 363. The minimum Gasteiger partial charge on any atom is -0.494 e. The van der Waals surface area contributed by atoms with Crippen LogP contribution < -0.4 is 15.8 Å². The SMILES string of the molecule is CCOc1ccc(C2CC(N)CNC2CC)cc1. The Labute approximate surface area is 110 Å². The number of nitrogens with one attached hydrogen (secondary N) is 1. The van der Waals surface area contributed by atoms with Gasteiger partial charge in [0.1, 0.15) is 5.75 Å². The molecule has 1 aromatic carbocycles. The first-order valence-corrected chi connectivity index (χ1v) is 6.96. The number of hydrogen-bond donors (Lipinski definition) is 2. The summed E-state index contributed by atoms with van der Waals surface area (Å²) in [5.41, 5.74) is 7.44. The minimum atomic E-state index is 0.268. The quantitative estimate of drug-likeness (QED) is 0.859. The average molecular weight is 248 g/mol. The molecule has 3 heteroatoms. The summed E-state index contributed by atoms with van der Waals surface area (Å²) in [6.07, 6.45) is 2.21. The van der Waals surface area contributed by atoms with Gasteiger partial charge in [-0.3, -0.25) is 0 Å². The van der Waals surface area contributed by atoms with E-state index in [2.05, 4.69) is 36.5 Å². The Balaban J connectivity index is 2.12. The molecule has 0 spiro atoms. The van der Waals surface area contributed by atoms with E-state index in [4.69, 9.17) is 10.5 Å². The topological polar surface area (TPSA) is 47.3 Å². The standard InChI is InChI=1S/C15H24N2O/c1-3-15-14(9-12(16)10-17-15)11-5-7-13(8-6-11)18-4-2/h5-8,12,14-15,17H,3-4,9-10,16H2,1-2H3. The smallest absolute Gasteiger partial charge is 0.119 e. The molecule has 1 heterocycles. The van der Waals surface area contributed by atoms with E-state index in [1.165, 1.54) is 5.56 Å². The van der Waals surface area contributed by atoms with E-state index in [0.29, 0.717) is 18.6 Å². The molecule has 1 aliphatic rings. The normalized spacial score (nSPS) is 28.1. The Hall–Kier alpha value is -1.06. The molecule has 0 saturated carbocycles. The van der Waals surface area contributed by atoms with Crippen LogP contribution in [0.4, 0.5) is 0 Å². The van der Waals surface area contributed by atoms with Crippen molar-refractivity contribution in [2.45, 2.75) is 44.7 Å². The zero-order valence-corrected chi connectivity index (χ0v) is 11.4. The van der Waals surface area contributed by atoms with Crippen molar-refractivity contribution in [3.63, 3.8) is 0 Å². The van der Waals surface area contributed by atoms with E-state index in [9.17, 15) is 0 Å². The molecule has 100 valence electrons. The zero-order chi connectivity index (χ0) is 13.0. The molecule has 1 aromatic rings. The highest BCUT2D eigenvalue weighted by Gasteiger charge is 2.28. The number of piperidine rings is 1. The second kappa shape index (κ2) is 6.21. The van der Waals surface area contributed by atoms with Crippen LogP contribution in [-0.2, 0) is 0 Å². The Morgan fingerprint density at radius 2 is 2.00 bits per heavy atom. The highest BCUT2D eigenvalue weighted by Crippen LogP contribution is 2.30. The molecule has 2 rings (SSSR count). The van der Waals surface area contributed by atoms with E-state index in [1.54, 1.807) is 0 Å². The third-order valence-corrected chi connectivity index (χ3v) is 3.74. The van der Waals surface area contributed by atoms with E-state index in [-0.39, 0.29) is 6.04 Å². The molecular formula is C15H24N2O. The number of ether oxygens (including phenoxy) is 1. The molecule has 1 aliphatic heterocycles. The molecule has 0 aromatic heterocycles. The van der Waals surface area contributed by atoms with Gasteiger partial charge in [-0.15, -0.1) is 0 Å². The molecule has 3 N–H and O–H groups in total. The molecule has 0 radical (unpaired) electrons. The lowest BCUT2D eigenvalue weighted by atomic mass is 9.82. The molecule has 0 amide bonds. The van der Waals surface area contributed by atoms with E-state index in [0.717, 1.165) is 25.1 Å². The van der Waals surface area contributed by atoms with E-state index >= 15 is 0 Å². The van der Waals surface area contributed by atoms with Gasteiger partial charge in [0.15, 0.2) is 0 Å². The number of benzene rings is 1. The van der Waals surface area contributed by atoms with Crippen LogP contribution in [0.1, 0.15) is 38.2 Å². The maximum Gasteiger partial charge on any atom is 0.119 e. The first-order chi connectivity index (χ1) is 8.74. The van der Waals surface area contributed by atoms with Gasteiger partial charge in [-0.1, -0.05) is 19.1 Å². The molecule has 3 nitrogen and oxygen atoms in total. The van der Waals surface area contributed by atoms with Crippen LogP contribution in [0.15, 0.2) is 24.3 Å². The summed E-state index contributed by atoms with van der Waals surface area (Å²) < 4.78 is 5.48. The summed E-state index contributed by atoms with van der Waals surface area (Å²) >= 11 is 0. The molecule has 0 bridgehead atoms. The average Bonchev–Trinajstić information content (AvgIpc) is 2.40. The second-order valence-electron chi connectivity index (χ2n) is 5.03. The first-order valence-electron chi connectivity index (χ1n) is 6.96. The third-order valence-electron chi connectivity index (χ3n) is 3.74. The number of rotatable bonds is 4. The molecule has 1 saturated heterocycles. The number of nitrogens with two attached hydrogens (primary N) is 1. The summed E-state index contributed by atoms with van der Waals surface area (Å²) in [4.78, 5) is 0. The van der Waals surface area contributed by atoms with Crippen molar-refractivity contribution >= 4 is 0 Å². The van der Waals surface area contributed by atoms with Crippen LogP contribution in [-0.4, -0.2) is 25.2 Å². The fourth-order valence-corrected chi connectivity index (χ4v) is 2.79. The largest absolute Gasteiger partial charge is 0.494 e. The fraction of sp³-hybridized carbons (Fsp3) is 0.600. The van der Waals surface area contributed by atoms with Crippen molar-refractivity contribution in [1.82, 2.24) is 5.32 Å². The first kappa shape index (κ1) is 13.4. The van der Waals surface area contributed by atoms with Crippen molar-refractivity contribution in [2.75, 3.05) is 13.2 Å². The summed E-state index contributed by atoms with van der Waals surface area (Å²) in [6, 6.07) is 9.29. The van der Waals surface area contributed by atoms with Gasteiger partial charge < -0.3 is 15.8 Å². The van der Waals surface area contributed by atoms with Gasteiger partial charge in [0, 0.05) is 24.5 Å². The van der Waals surface area contributed by atoms with Gasteiger partial charge in [-0.25, -0.2) is 0 Å². The van der Waals surface area contributed by atoms with Crippen LogP contribution in [0, 0.1) is 0 Å². The maximum absolute atomic E-state index is 6.07.